The summed E-state index contributed by atoms with van der Waals surface area (Å²) in [5, 5.41) is 10.6. The molecule has 0 aromatic heterocycles. The van der Waals surface area contributed by atoms with E-state index in [9.17, 15) is 23.1 Å². The second-order valence-electron chi connectivity index (χ2n) is 16.4. The van der Waals surface area contributed by atoms with Crippen molar-refractivity contribution in [2.45, 2.75) is 141 Å². The average molecular weight is 617 g/mol. The molecule has 0 heterocycles. The summed E-state index contributed by atoms with van der Waals surface area (Å²) in [6.45, 7) is 7.23. The summed E-state index contributed by atoms with van der Waals surface area (Å²) < 4.78 is 47.6. The van der Waals surface area contributed by atoms with Crippen molar-refractivity contribution in [3.8, 4) is 0 Å². The molecule has 10 atom stereocenters. The Morgan fingerprint density at radius 1 is 0.886 bits per heavy atom. The fourth-order valence-corrected chi connectivity index (χ4v) is 11.8. The fourth-order valence-electron chi connectivity index (χ4n) is 11.8. The molecule has 1 aromatic carbocycles. The highest BCUT2D eigenvalue weighted by Crippen LogP contribution is 2.69. The Balaban J connectivity index is 1.11. The summed E-state index contributed by atoms with van der Waals surface area (Å²) in [5.41, 5.74) is -1.70. The molecule has 6 heteroatoms. The molecule has 0 saturated heterocycles. The predicted octanol–water partition coefficient (Wildman–Crippen LogP) is 10.2. The molecule has 0 unspecified atom stereocenters. The molecule has 5 aliphatic carbocycles. The van der Waals surface area contributed by atoms with Crippen LogP contribution < -0.4 is 0 Å². The lowest BCUT2D eigenvalue weighted by Crippen LogP contribution is -2.59. The molecule has 0 aliphatic heterocycles. The molecule has 0 amide bonds. The molecule has 0 bridgehead atoms. The number of alkyl halides is 3. The smallest absolute Gasteiger partial charge is 0.417 e. The number of aliphatic hydroxyl groups is 1. The van der Waals surface area contributed by atoms with E-state index in [-0.39, 0.29) is 41.7 Å². The maximum Gasteiger partial charge on any atom is 0.417 e. The first-order valence-corrected chi connectivity index (χ1v) is 17.9. The van der Waals surface area contributed by atoms with Crippen molar-refractivity contribution >= 4 is 5.97 Å². The highest BCUT2D eigenvalue weighted by molar-refractivity contribution is 5.89. The van der Waals surface area contributed by atoms with Gasteiger partial charge in [-0.2, -0.15) is 13.2 Å². The van der Waals surface area contributed by atoms with Crippen molar-refractivity contribution in [3.63, 3.8) is 0 Å². The van der Waals surface area contributed by atoms with Crippen molar-refractivity contribution in [3.05, 3.63) is 35.9 Å². The van der Waals surface area contributed by atoms with Gasteiger partial charge in [0.25, 0.3) is 0 Å². The van der Waals surface area contributed by atoms with Gasteiger partial charge in [0.15, 0.2) is 5.60 Å². The zero-order valence-electron chi connectivity index (χ0n) is 27.2. The summed E-state index contributed by atoms with van der Waals surface area (Å²) in [4.78, 5) is 13.1. The van der Waals surface area contributed by atoms with Gasteiger partial charge in [-0.15, -0.1) is 0 Å². The second kappa shape index (κ2) is 12.2. The van der Waals surface area contributed by atoms with E-state index in [1.807, 2.05) is 30.3 Å². The lowest BCUT2D eigenvalue weighted by Gasteiger charge is -2.62. The molecule has 0 radical (unpaired) electrons. The van der Waals surface area contributed by atoms with Crippen molar-refractivity contribution in [2.75, 3.05) is 0 Å². The summed E-state index contributed by atoms with van der Waals surface area (Å²) in [6, 6.07) is 9.40. The fraction of sp³-hybridized carbons (Fsp3) is 0.816. The lowest BCUT2D eigenvalue weighted by atomic mass is 9.43. The number of carbonyl (C=O) groups is 1. The van der Waals surface area contributed by atoms with Crippen molar-refractivity contribution in [2.24, 2.45) is 52.3 Å². The van der Waals surface area contributed by atoms with E-state index in [0.29, 0.717) is 47.5 Å². The molecule has 5 fully saturated rings. The summed E-state index contributed by atoms with van der Waals surface area (Å²) >= 11 is 0. The van der Waals surface area contributed by atoms with Crippen LogP contribution >= 0.6 is 0 Å². The van der Waals surface area contributed by atoms with Gasteiger partial charge in [0.05, 0.1) is 5.56 Å². The quantitative estimate of drug-likeness (QED) is 0.310. The van der Waals surface area contributed by atoms with E-state index in [1.165, 1.54) is 32.1 Å². The number of halogens is 3. The number of hydrogen-bond acceptors (Lipinski definition) is 3. The monoisotopic (exact) mass is 616 g/mol. The van der Waals surface area contributed by atoms with Gasteiger partial charge in [0.1, 0.15) is 6.10 Å². The molecule has 5 aliphatic rings. The van der Waals surface area contributed by atoms with Crippen LogP contribution in [0.5, 0.6) is 0 Å². The number of rotatable bonds is 7. The SMILES string of the molecule is C[C@H](CC[C@@H](OC(=O)c1ccccc1)C1CCCCC1)[C@H]1CC[C@H]2[C@@H]3CC[C@H]4C[C@](O)(C(F)(F)F)CC[C@]4(C)[C@H]3CC[C@]12C. The molecule has 6 rings (SSSR count). The van der Waals surface area contributed by atoms with E-state index >= 15 is 0 Å². The first kappa shape index (κ1) is 32.4. The van der Waals surface area contributed by atoms with Crippen LogP contribution in [0.2, 0.25) is 0 Å². The van der Waals surface area contributed by atoms with Crippen molar-refractivity contribution < 1.29 is 27.8 Å². The van der Waals surface area contributed by atoms with Gasteiger partial charge < -0.3 is 9.84 Å². The van der Waals surface area contributed by atoms with E-state index in [0.717, 1.165) is 51.4 Å². The normalized spacial score (nSPS) is 40.8. The number of benzene rings is 1. The Morgan fingerprint density at radius 3 is 2.30 bits per heavy atom. The molecule has 3 nitrogen and oxygen atoms in total. The van der Waals surface area contributed by atoms with E-state index in [1.54, 1.807) is 0 Å². The molecule has 0 spiro atoms. The van der Waals surface area contributed by atoms with Gasteiger partial charge in [-0.1, -0.05) is 58.2 Å². The van der Waals surface area contributed by atoms with E-state index in [2.05, 4.69) is 20.8 Å². The minimum Gasteiger partial charge on any atom is -0.458 e. The minimum absolute atomic E-state index is 0.0249. The zero-order valence-corrected chi connectivity index (χ0v) is 27.2. The van der Waals surface area contributed by atoms with E-state index in [4.69, 9.17) is 4.74 Å². The Hall–Kier alpha value is -1.56. The Bertz CT molecular complexity index is 1150. The van der Waals surface area contributed by atoms with Crippen LogP contribution in [-0.4, -0.2) is 29.0 Å². The molecular formula is C38H55F3O3. The number of esters is 1. The molecule has 5 saturated carbocycles. The topological polar surface area (TPSA) is 46.5 Å². The first-order chi connectivity index (χ1) is 20.9. The van der Waals surface area contributed by atoms with Crippen LogP contribution in [0.1, 0.15) is 134 Å². The Kier molecular flexibility index (Phi) is 9.00. The van der Waals surface area contributed by atoms with Gasteiger partial charge in [-0.3, -0.25) is 0 Å². The van der Waals surface area contributed by atoms with Crippen LogP contribution in [0.15, 0.2) is 30.3 Å². The first-order valence-electron chi connectivity index (χ1n) is 17.9. The molecular weight excluding hydrogens is 561 g/mol. The van der Waals surface area contributed by atoms with Crippen LogP contribution in [0.25, 0.3) is 0 Å². The average Bonchev–Trinajstić information content (AvgIpc) is 3.37. The van der Waals surface area contributed by atoms with Crippen LogP contribution in [-0.2, 0) is 4.74 Å². The number of fused-ring (bicyclic) bond motifs is 5. The number of ether oxygens (including phenoxy) is 1. The van der Waals surface area contributed by atoms with Crippen molar-refractivity contribution in [1.82, 2.24) is 0 Å². The number of carbonyl (C=O) groups excluding carboxylic acids is 1. The van der Waals surface area contributed by atoms with Gasteiger partial charge in [-0.25, -0.2) is 4.79 Å². The third-order valence-corrected chi connectivity index (χ3v) is 14.4. The molecule has 1 aromatic rings. The van der Waals surface area contributed by atoms with Crippen LogP contribution in [0.4, 0.5) is 13.2 Å². The van der Waals surface area contributed by atoms with Gasteiger partial charge in [-0.05, 0) is 148 Å². The van der Waals surface area contributed by atoms with Crippen molar-refractivity contribution in [1.29, 1.82) is 0 Å². The predicted molar refractivity (Wildman–Crippen MR) is 167 cm³/mol. The maximum atomic E-state index is 13.8. The van der Waals surface area contributed by atoms with Gasteiger partial charge in [0, 0.05) is 0 Å². The zero-order chi connectivity index (χ0) is 31.3. The summed E-state index contributed by atoms with van der Waals surface area (Å²) in [5.74, 6) is 3.10. The molecule has 1 N–H and O–H groups in total. The molecule has 246 valence electrons. The maximum absolute atomic E-state index is 13.8. The standard InChI is InChI=1S/C38H55F3O3/c1-25(14-19-33(26-10-6-4-7-11-26)44-34(42)27-12-8-5-9-13-27)30-17-18-31-29-16-15-28-24-37(43,38(39,40)41)23-22-35(28,2)32(29)20-21-36(30,31)3/h5,8-9,12-13,25-26,28-33,43H,4,6-7,10-11,14-24H2,1-3H3/t25-,28+,29+,30-,31+,32+,33-,35+,36-,37+/m1/s1. The minimum atomic E-state index is -4.54. The largest absolute Gasteiger partial charge is 0.458 e. The Labute approximate surface area is 263 Å². The van der Waals surface area contributed by atoms with Crippen LogP contribution in [0, 0.1) is 52.3 Å². The summed E-state index contributed by atoms with van der Waals surface area (Å²) in [6.07, 6.45) is 10.2. The van der Waals surface area contributed by atoms with Gasteiger partial charge >= 0.3 is 12.1 Å². The highest BCUT2D eigenvalue weighted by atomic mass is 19.4. The highest BCUT2D eigenvalue weighted by Gasteiger charge is 2.65. The molecule has 44 heavy (non-hydrogen) atoms. The third kappa shape index (κ3) is 5.77. The van der Waals surface area contributed by atoms with E-state index < -0.39 is 11.8 Å². The van der Waals surface area contributed by atoms with Gasteiger partial charge in [0.2, 0.25) is 0 Å². The second-order valence-corrected chi connectivity index (χ2v) is 16.4. The number of hydrogen-bond donors (Lipinski definition) is 1. The summed E-state index contributed by atoms with van der Waals surface area (Å²) in [7, 11) is 0. The van der Waals surface area contributed by atoms with Crippen LogP contribution in [0.3, 0.4) is 0 Å². The lowest BCUT2D eigenvalue weighted by molar-refractivity contribution is -0.290. The third-order valence-electron chi connectivity index (χ3n) is 14.4. The Morgan fingerprint density at radius 2 is 1.59 bits per heavy atom.